The molecular formula is C13H25N3O3. The highest BCUT2D eigenvalue weighted by Gasteiger charge is 2.29. The van der Waals surface area contributed by atoms with Crippen molar-refractivity contribution in [1.82, 2.24) is 15.5 Å². The minimum Gasteiger partial charge on any atom is -0.481 e. The average molecular weight is 271 g/mol. The van der Waals surface area contributed by atoms with E-state index in [1.807, 2.05) is 0 Å². The lowest BCUT2D eigenvalue weighted by Crippen LogP contribution is -2.45. The number of carboxylic acid groups (broad SMARTS) is 1. The zero-order valence-electron chi connectivity index (χ0n) is 12.0. The van der Waals surface area contributed by atoms with E-state index in [0.29, 0.717) is 31.6 Å². The molecule has 2 amide bonds. The number of aliphatic carboxylic acids is 1. The van der Waals surface area contributed by atoms with E-state index in [1.165, 1.54) is 12.8 Å². The first-order chi connectivity index (χ1) is 8.91. The molecule has 2 atom stereocenters. The second-order valence-electron chi connectivity index (χ2n) is 5.41. The van der Waals surface area contributed by atoms with Crippen LogP contribution in [0.2, 0.25) is 0 Å². The van der Waals surface area contributed by atoms with Crippen LogP contribution in [-0.2, 0) is 4.79 Å². The van der Waals surface area contributed by atoms with Gasteiger partial charge in [-0.3, -0.25) is 9.69 Å². The Kier molecular flexibility index (Phi) is 6.08. The fraction of sp³-hybridized carbons (Fsp3) is 0.846. The van der Waals surface area contributed by atoms with Gasteiger partial charge in [0, 0.05) is 25.2 Å². The van der Waals surface area contributed by atoms with Gasteiger partial charge in [0.05, 0.1) is 5.92 Å². The van der Waals surface area contributed by atoms with Crippen molar-refractivity contribution in [3.8, 4) is 0 Å². The number of carbonyl (C=O) groups excluding carboxylic acids is 1. The molecule has 19 heavy (non-hydrogen) atoms. The van der Waals surface area contributed by atoms with E-state index in [4.69, 9.17) is 5.11 Å². The number of urea groups is 1. The molecule has 0 heterocycles. The fourth-order valence-electron chi connectivity index (χ4n) is 1.81. The van der Waals surface area contributed by atoms with Crippen LogP contribution >= 0.6 is 0 Å². The van der Waals surface area contributed by atoms with Gasteiger partial charge in [-0.05, 0) is 33.2 Å². The van der Waals surface area contributed by atoms with Crippen LogP contribution in [0.15, 0.2) is 0 Å². The van der Waals surface area contributed by atoms with Crippen LogP contribution in [0.4, 0.5) is 4.79 Å². The smallest absolute Gasteiger partial charge is 0.314 e. The van der Waals surface area contributed by atoms with Gasteiger partial charge in [0.2, 0.25) is 0 Å². The average Bonchev–Trinajstić information content (AvgIpc) is 3.18. The molecule has 0 spiro atoms. The number of carboxylic acids is 1. The Morgan fingerprint density at radius 1 is 1.32 bits per heavy atom. The highest BCUT2D eigenvalue weighted by molar-refractivity contribution is 5.74. The Balaban J connectivity index is 2.08. The summed E-state index contributed by atoms with van der Waals surface area (Å²) in [6, 6.07) is 0.765. The topological polar surface area (TPSA) is 81.7 Å². The molecule has 0 radical (unpaired) electrons. The van der Waals surface area contributed by atoms with Crippen molar-refractivity contribution in [3.05, 3.63) is 0 Å². The first-order valence-corrected chi connectivity index (χ1v) is 6.88. The molecule has 6 heteroatoms. The van der Waals surface area contributed by atoms with E-state index in [-0.39, 0.29) is 6.03 Å². The molecular weight excluding hydrogens is 246 g/mol. The van der Waals surface area contributed by atoms with Crippen molar-refractivity contribution in [2.75, 3.05) is 20.1 Å². The van der Waals surface area contributed by atoms with Crippen molar-refractivity contribution in [2.45, 2.75) is 45.2 Å². The third-order valence-corrected chi connectivity index (χ3v) is 3.66. The molecule has 1 aliphatic carbocycles. The lowest BCUT2D eigenvalue weighted by molar-refractivity contribution is -0.141. The molecule has 0 aromatic carbocycles. The molecule has 2 unspecified atom stereocenters. The summed E-state index contributed by atoms with van der Waals surface area (Å²) >= 11 is 0. The maximum absolute atomic E-state index is 11.5. The van der Waals surface area contributed by atoms with Gasteiger partial charge in [0.15, 0.2) is 0 Å². The summed E-state index contributed by atoms with van der Waals surface area (Å²) in [5, 5.41) is 14.2. The van der Waals surface area contributed by atoms with Crippen molar-refractivity contribution in [1.29, 1.82) is 0 Å². The van der Waals surface area contributed by atoms with Gasteiger partial charge >= 0.3 is 12.0 Å². The second kappa shape index (κ2) is 7.33. The molecule has 0 saturated heterocycles. The van der Waals surface area contributed by atoms with Crippen molar-refractivity contribution >= 4 is 12.0 Å². The monoisotopic (exact) mass is 271 g/mol. The van der Waals surface area contributed by atoms with Gasteiger partial charge in [-0.1, -0.05) is 6.92 Å². The minimum atomic E-state index is -0.832. The predicted octanol–water partition coefficient (Wildman–Crippen LogP) is 0.879. The molecule has 110 valence electrons. The first kappa shape index (κ1) is 15.8. The molecule has 1 fully saturated rings. The molecule has 1 saturated carbocycles. The van der Waals surface area contributed by atoms with Gasteiger partial charge in [-0.15, -0.1) is 0 Å². The Labute approximate surface area is 114 Å². The number of hydrogen-bond acceptors (Lipinski definition) is 3. The van der Waals surface area contributed by atoms with Gasteiger partial charge in [0.1, 0.15) is 0 Å². The molecule has 0 bridgehead atoms. The zero-order chi connectivity index (χ0) is 14.4. The summed E-state index contributed by atoms with van der Waals surface area (Å²) in [6.07, 6.45) is 2.94. The van der Waals surface area contributed by atoms with Gasteiger partial charge in [-0.25, -0.2) is 4.79 Å². The van der Waals surface area contributed by atoms with E-state index < -0.39 is 11.9 Å². The Bertz CT molecular complexity index is 318. The maximum Gasteiger partial charge on any atom is 0.314 e. The summed E-state index contributed by atoms with van der Waals surface area (Å²) in [4.78, 5) is 24.4. The Morgan fingerprint density at radius 3 is 2.47 bits per heavy atom. The molecule has 3 N–H and O–H groups in total. The predicted molar refractivity (Wildman–Crippen MR) is 73.1 cm³/mol. The van der Waals surface area contributed by atoms with E-state index in [1.54, 1.807) is 6.92 Å². The number of carbonyl (C=O) groups is 2. The van der Waals surface area contributed by atoms with E-state index >= 15 is 0 Å². The molecule has 6 nitrogen and oxygen atoms in total. The largest absolute Gasteiger partial charge is 0.481 e. The molecule has 0 aromatic heterocycles. The van der Waals surface area contributed by atoms with Crippen molar-refractivity contribution in [2.24, 2.45) is 5.92 Å². The maximum atomic E-state index is 11.5. The van der Waals surface area contributed by atoms with Gasteiger partial charge in [0.25, 0.3) is 0 Å². The SMILES string of the molecule is CC(CCNC(=O)NCC(C)N(C)C1CC1)C(=O)O. The summed E-state index contributed by atoms with van der Waals surface area (Å²) in [7, 11) is 2.08. The molecule has 0 aromatic rings. The highest BCUT2D eigenvalue weighted by Crippen LogP contribution is 2.26. The van der Waals surface area contributed by atoms with Gasteiger partial charge < -0.3 is 15.7 Å². The third-order valence-electron chi connectivity index (χ3n) is 3.66. The standard InChI is InChI=1S/C13H25N3O3/c1-9(12(17)18)6-7-14-13(19)15-8-10(2)16(3)11-4-5-11/h9-11H,4-8H2,1-3H3,(H,17,18)(H2,14,15,19). The van der Waals surface area contributed by atoms with Crippen LogP contribution in [0.1, 0.15) is 33.1 Å². The highest BCUT2D eigenvalue weighted by atomic mass is 16.4. The number of likely N-dealkylation sites (N-methyl/N-ethyl adjacent to an activating group) is 1. The minimum absolute atomic E-state index is 0.228. The molecule has 1 rings (SSSR count). The quantitative estimate of drug-likeness (QED) is 0.612. The number of nitrogens with zero attached hydrogens (tertiary/aromatic N) is 1. The zero-order valence-corrected chi connectivity index (χ0v) is 12.0. The summed E-state index contributed by atoms with van der Waals surface area (Å²) in [5.41, 5.74) is 0. The van der Waals surface area contributed by atoms with Crippen LogP contribution in [0.3, 0.4) is 0 Å². The number of amides is 2. The summed E-state index contributed by atoms with van der Waals surface area (Å²) < 4.78 is 0. The number of hydrogen-bond donors (Lipinski definition) is 3. The summed E-state index contributed by atoms with van der Waals surface area (Å²) in [5.74, 6) is -1.26. The number of nitrogens with one attached hydrogen (secondary N) is 2. The van der Waals surface area contributed by atoms with Crippen LogP contribution in [0.5, 0.6) is 0 Å². The first-order valence-electron chi connectivity index (χ1n) is 6.88. The van der Waals surface area contributed by atoms with E-state index in [2.05, 4.69) is 29.5 Å². The third kappa shape index (κ3) is 5.92. The molecule has 0 aliphatic heterocycles. The van der Waals surface area contributed by atoms with Crippen LogP contribution in [0.25, 0.3) is 0 Å². The Morgan fingerprint density at radius 2 is 1.95 bits per heavy atom. The number of rotatable bonds is 8. The lowest BCUT2D eigenvalue weighted by Gasteiger charge is -2.24. The fourth-order valence-corrected chi connectivity index (χ4v) is 1.81. The van der Waals surface area contributed by atoms with Crippen molar-refractivity contribution < 1.29 is 14.7 Å². The lowest BCUT2D eigenvalue weighted by atomic mass is 10.1. The van der Waals surface area contributed by atoms with Crippen LogP contribution in [0, 0.1) is 5.92 Å². The van der Waals surface area contributed by atoms with E-state index in [0.717, 1.165) is 0 Å². The van der Waals surface area contributed by atoms with Crippen LogP contribution in [-0.4, -0.2) is 54.2 Å². The van der Waals surface area contributed by atoms with E-state index in [9.17, 15) is 9.59 Å². The van der Waals surface area contributed by atoms with Gasteiger partial charge in [-0.2, -0.15) is 0 Å². The Hall–Kier alpha value is -1.30. The summed E-state index contributed by atoms with van der Waals surface area (Å²) in [6.45, 7) is 4.71. The normalized spacial score (nSPS) is 17.9. The van der Waals surface area contributed by atoms with Crippen LogP contribution < -0.4 is 10.6 Å². The van der Waals surface area contributed by atoms with Crippen molar-refractivity contribution in [3.63, 3.8) is 0 Å². The molecule has 1 aliphatic rings. The second-order valence-corrected chi connectivity index (χ2v) is 5.41.